The second-order valence-corrected chi connectivity index (χ2v) is 7.07. The zero-order valence-electron chi connectivity index (χ0n) is 17.1. The molecular weight excluding hydrogens is 362 g/mol. The van der Waals surface area contributed by atoms with Gasteiger partial charge in [-0.1, -0.05) is 52.7 Å². The molecule has 5 nitrogen and oxygen atoms in total. The summed E-state index contributed by atoms with van der Waals surface area (Å²) in [5.41, 5.74) is 1.24. The Morgan fingerprint density at radius 2 is 1.14 bits per heavy atom. The van der Waals surface area contributed by atoms with Gasteiger partial charge in [-0.3, -0.25) is 9.59 Å². The molecule has 0 saturated carbocycles. The Morgan fingerprint density at radius 1 is 0.690 bits per heavy atom. The predicted molar refractivity (Wildman–Crippen MR) is 126 cm³/mol. The molecule has 0 radical (unpaired) electrons. The van der Waals surface area contributed by atoms with Crippen molar-refractivity contribution in [2.75, 3.05) is 33.2 Å². The summed E-state index contributed by atoms with van der Waals surface area (Å²) in [6, 6.07) is 6.82. The third-order valence-corrected chi connectivity index (χ3v) is 4.65. The molecule has 5 heteroatoms. The SMILES string of the molecule is C.C.CNCCCCCCNCCCCCCNC(=O)c1ccc(C(C)=O)cc1. The van der Waals surface area contributed by atoms with Crippen molar-refractivity contribution < 1.29 is 9.59 Å². The number of nitrogens with one attached hydrogen (secondary N) is 3. The van der Waals surface area contributed by atoms with Gasteiger partial charge in [-0.25, -0.2) is 0 Å². The van der Waals surface area contributed by atoms with Crippen LogP contribution in [0.5, 0.6) is 0 Å². The summed E-state index contributed by atoms with van der Waals surface area (Å²) in [5, 5.41) is 9.63. The molecule has 29 heavy (non-hydrogen) atoms. The van der Waals surface area contributed by atoms with Gasteiger partial charge in [0.1, 0.15) is 0 Å². The van der Waals surface area contributed by atoms with E-state index in [1.165, 1.54) is 45.4 Å². The highest BCUT2D eigenvalue weighted by Crippen LogP contribution is 2.05. The molecule has 0 saturated heterocycles. The van der Waals surface area contributed by atoms with Crippen molar-refractivity contribution in [3.05, 3.63) is 35.4 Å². The van der Waals surface area contributed by atoms with Gasteiger partial charge in [-0.05, 0) is 71.4 Å². The van der Waals surface area contributed by atoms with Crippen molar-refractivity contribution in [2.24, 2.45) is 0 Å². The largest absolute Gasteiger partial charge is 0.352 e. The number of benzene rings is 1. The molecule has 1 amide bonds. The molecule has 1 aromatic rings. The molecule has 1 aromatic carbocycles. The molecule has 168 valence electrons. The van der Waals surface area contributed by atoms with E-state index in [2.05, 4.69) is 16.0 Å². The lowest BCUT2D eigenvalue weighted by atomic mass is 10.1. The summed E-state index contributed by atoms with van der Waals surface area (Å²) in [5.74, 6) is -0.0533. The first-order chi connectivity index (χ1) is 13.1. The summed E-state index contributed by atoms with van der Waals surface area (Å²) < 4.78 is 0. The van der Waals surface area contributed by atoms with E-state index in [1.807, 2.05) is 7.05 Å². The minimum Gasteiger partial charge on any atom is -0.352 e. The third kappa shape index (κ3) is 14.9. The highest BCUT2D eigenvalue weighted by Gasteiger charge is 2.05. The Bertz CT molecular complexity index is 529. The van der Waals surface area contributed by atoms with Crippen molar-refractivity contribution in [3.63, 3.8) is 0 Å². The van der Waals surface area contributed by atoms with Crippen molar-refractivity contribution in [2.45, 2.75) is 73.1 Å². The van der Waals surface area contributed by atoms with Crippen LogP contribution in [0.1, 0.15) is 93.9 Å². The van der Waals surface area contributed by atoms with Crippen molar-refractivity contribution in [1.29, 1.82) is 0 Å². The number of hydrogen-bond acceptors (Lipinski definition) is 4. The Labute approximate surface area is 179 Å². The molecule has 0 aliphatic carbocycles. The Balaban J connectivity index is 0. The molecule has 0 bridgehead atoms. The second kappa shape index (κ2) is 19.6. The monoisotopic (exact) mass is 407 g/mol. The fraction of sp³-hybridized carbons (Fsp3) is 0.667. The number of ketones is 1. The summed E-state index contributed by atoms with van der Waals surface area (Å²) in [7, 11) is 2.00. The number of carbonyl (C=O) groups is 2. The summed E-state index contributed by atoms with van der Waals surface area (Å²) in [6.07, 6.45) is 9.69. The average molecular weight is 408 g/mol. The van der Waals surface area contributed by atoms with Gasteiger partial charge in [-0.2, -0.15) is 0 Å². The molecule has 0 heterocycles. The smallest absolute Gasteiger partial charge is 0.251 e. The molecule has 0 unspecified atom stereocenters. The quantitative estimate of drug-likeness (QED) is 0.271. The highest BCUT2D eigenvalue weighted by atomic mass is 16.1. The molecule has 0 spiro atoms. The zero-order valence-corrected chi connectivity index (χ0v) is 17.1. The maximum absolute atomic E-state index is 12.0. The number of rotatable bonds is 16. The third-order valence-electron chi connectivity index (χ3n) is 4.65. The van der Waals surface area contributed by atoms with Crippen LogP contribution in [0.4, 0.5) is 0 Å². The molecule has 0 aliphatic rings. The molecule has 0 atom stereocenters. The molecule has 3 N–H and O–H groups in total. The van der Waals surface area contributed by atoms with E-state index in [9.17, 15) is 9.59 Å². The van der Waals surface area contributed by atoms with Crippen LogP contribution in [-0.2, 0) is 0 Å². The van der Waals surface area contributed by atoms with Crippen LogP contribution in [0.3, 0.4) is 0 Å². The number of unbranched alkanes of at least 4 members (excludes halogenated alkanes) is 6. The zero-order chi connectivity index (χ0) is 19.7. The summed E-state index contributed by atoms with van der Waals surface area (Å²) in [4.78, 5) is 23.3. The maximum atomic E-state index is 12.0. The van der Waals surface area contributed by atoms with Gasteiger partial charge in [0.15, 0.2) is 5.78 Å². The first-order valence-corrected chi connectivity index (χ1v) is 10.4. The van der Waals surface area contributed by atoms with Gasteiger partial charge >= 0.3 is 0 Å². The second-order valence-electron chi connectivity index (χ2n) is 7.07. The number of hydrogen-bond donors (Lipinski definition) is 3. The van der Waals surface area contributed by atoms with Crippen LogP contribution in [0.2, 0.25) is 0 Å². The van der Waals surface area contributed by atoms with Crippen molar-refractivity contribution >= 4 is 11.7 Å². The lowest BCUT2D eigenvalue weighted by Gasteiger charge is -2.07. The van der Waals surface area contributed by atoms with E-state index in [0.717, 1.165) is 32.5 Å². The Morgan fingerprint density at radius 3 is 1.62 bits per heavy atom. The minimum atomic E-state index is -0.0681. The molecule has 0 aliphatic heterocycles. The lowest BCUT2D eigenvalue weighted by Crippen LogP contribution is -2.24. The highest BCUT2D eigenvalue weighted by molar-refractivity contribution is 5.97. The number of amides is 1. The fourth-order valence-corrected chi connectivity index (χ4v) is 2.92. The maximum Gasteiger partial charge on any atom is 0.251 e. The Hall–Kier alpha value is -1.72. The van der Waals surface area contributed by atoms with Crippen molar-refractivity contribution in [3.8, 4) is 0 Å². The van der Waals surface area contributed by atoms with Crippen LogP contribution in [-0.4, -0.2) is 44.9 Å². The van der Waals surface area contributed by atoms with Gasteiger partial charge < -0.3 is 16.0 Å². The van der Waals surface area contributed by atoms with Gasteiger partial charge in [0.25, 0.3) is 5.91 Å². The van der Waals surface area contributed by atoms with E-state index in [4.69, 9.17) is 0 Å². The molecule has 0 fully saturated rings. The first-order valence-electron chi connectivity index (χ1n) is 10.4. The topological polar surface area (TPSA) is 70.2 Å². The van der Waals surface area contributed by atoms with Gasteiger partial charge in [0, 0.05) is 17.7 Å². The predicted octanol–water partition coefficient (Wildman–Crippen LogP) is 4.82. The van der Waals surface area contributed by atoms with E-state index in [-0.39, 0.29) is 26.5 Å². The van der Waals surface area contributed by atoms with Crippen LogP contribution in [0.25, 0.3) is 0 Å². The Kier molecular flexibility index (Phi) is 19.9. The van der Waals surface area contributed by atoms with Gasteiger partial charge in [-0.15, -0.1) is 0 Å². The summed E-state index contributed by atoms with van der Waals surface area (Å²) in [6.45, 7) is 5.56. The fourth-order valence-electron chi connectivity index (χ4n) is 2.92. The van der Waals surface area contributed by atoms with Gasteiger partial charge in [0.2, 0.25) is 0 Å². The number of Topliss-reactive ketones (excluding diaryl/α,β-unsaturated/α-hetero) is 1. The van der Waals surface area contributed by atoms with Crippen LogP contribution >= 0.6 is 0 Å². The molecular formula is C24H45N3O2. The van der Waals surface area contributed by atoms with Gasteiger partial charge in [0.05, 0.1) is 0 Å². The van der Waals surface area contributed by atoms with Crippen LogP contribution < -0.4 is 16.0 Å². The van der Waals surface area contributed by atoms with E-state index >= 15 is 0 Å². The molecule has 0 aromatic heterocycles. The average Bonchev–Trinajstić information content (AvgIpc) is 2.68. The van der Waals surface area contributed by atoms with Crippen molar-refractivity contribution in [1.82, 2.24) is 16.0 Å². The van der Waals surface area contributed by atoms with Crippen LogP contribution in [0.15, 0.2) is 24.3 Å². The lowest BCUT2D eigenvalue weighted by molar-refractivity contribution is 0.0950. The number of carbonyl (C=O) groups excluding carboxylic acids is 2. The first kappa shape index (κ1) is 29.5. The minimum absolute atomic E-state index is 0. The standard InChI is InChI=1S/C22H37N3O2.2CH4/c1-19(26)20-11-13-21(14-12-20)22(27)25-18-10-6-5-9-17-24-16-8-4-3-7-15-23-2;;/h11-14,23-24H,3-10,15-18H2,1-2H3,(H,25,27);2*1H4. The normalized spacial score (nSPS) is 10.0. The van der Waals surface area contributed by atoms with Crippen LogP contribution in [0, 0.1) is 0 Å². The molecule has 1 rings (SSSR count). The van der Waals surface area contributed by atoms with E-state index < -0.39 is 0 Å². The van der Waals surface area contributed by atoms with E-state index in [1.54, 1.807) is 24.3 Å². The van der Waals surface area contributed by atoms with E-state index in [0.29, 0.717) is 17.7 Å². The summed E-state index contributed by atoms with van der Waals surface area (Å²) >= 11 is 0.